The second-order valence-corrected chi connectivity index (χ2v) is 7.84. The highest BCUT2D eigenvalue weighted by atomic mass is 16.5. The highest BCUT2D eigenvalue weighted by Gasteiger charge is 2.49. The molecule has 6 nitrogen and oxygen atoms in total. The van der Waals surface area contributed by atoms with E-state index in [1.807, 2.05) is 23.1 Å². The molecule has 28 heavy (non-hydrogen) atoms. The van der Waals surface area contributed by atoms with Gasteiger partial charge >= 0.3 is 0 Å². The van der Waals surface area contributed by atoms with Gasteiger partial charge in [-0.3, -0.25) is 9.59 Å². The summed E-state index contributed by atoms with van der Waals surface area (Å²) in [5.41, 5.74) is 1.28. The fourth-order valence-electron chi connectivity index (χ4n) is 4.44. The maximum Gasteiger partial charge on any atom is 0.254 e. The zero-order valence-electron chi connectivity index (χ0n) is 15.9. The Balaban J connectivity index is 1.42. The van der Waals surface area contributed by atoms with Crippen molar-refractivity contribution in [1.82, 2.24) is 9.80 Å². The lowest BCUT2D eigenvalue weighted by atomic mass is 9.78. The van der Waals surface area contributed by atoms with Crippen LogP contribution in [0.2, 0.25) is 0 Å². The van der Waals surface area contributed by atoms with E-state index in [-0.39, 0.29) is 11.8 Å². The van der Waals surface area contributed by atoms with Gasteiger partial charge in [-0.1, -0.05) is 30.3 Å². The van der Waals surface area contributed by atoms with Crippen LogP contribution in [0.25, 0.3) is 0 Å². The molecule has 1 atom stereocenters. The van der Waals surface area contributed by atoms with Crippen LogP contribution >= 0.6 is 0 Å². The molecule has 6 heteroatoms. The number of piperidine rings is 1. The van der Waals surface area contributed by atoms with Crippen LogP contribution in [0.3, 0.4) is 0 Å². The second-order valence-electron chi connectivity index (χ2n) is 7.84. The SMILES string of the molecule is O=C(c1cc[n+]([O-])cc1)N1CCC2(CCCN(CCc3ccccc3)C2=O)C1. The summed E-state index contributed by atoms with van der Waals surface area (Å²) < 4.78 is 0.664. The van der Waals surface area contributed by atoms with E-state index in [0.717, 1.165) is 32.4 Å². The summed E-state index contributed by atoms with van der Waals surface area (Å²) in [7, 11) is 0. The molecule has 146 valence electrons. The van der Waals surface area contributed by atoms with Gasteiger partial charge in [0.15, 0.2) is 12.4 Å². The molecule has 2 fully saturated rings. The van der Waals surface area contributed by atoms with Crippen LogP contribution in [0.4, 0.5) is 0 Å². The lowest BCUT2D eigenvalue weighted by Crippen LogP contribution is -2.50. The maximum atomic E-state index is 13.3. The number of pyridine rings is 1. The van der Waals surface area contributed by atoms with Crippen LogP contribution in [-0.2, 0) is 11.2 Å². The Morgan fingerprint density at radius 2 is 1.82 bits per heavy atom. The largest absolute Gasteiger partial charge is 0.619 e. The fraction of sp³-hybridized carbons (Fsp3) is 0.409. The van der Waals surface area contributed by atoms with E-state index >= 15 is 0 Å². The van der Waals surface area contributed by atoms with Crippen molar-refractivity contribution in [2.24, 2.45) is 5.41 Å². The Bertz CT molecular complexity index is 853. The topological polar surface area (TPSA) is 67.6 Å². The monoisotopic (exact) mass is 379 g/mol. The zero-order valence-corrected chi connectivity index (χ0v) is 15.9. The molecule has 2 amide bonds. The van der Waals surface area contributed by atoms with Gasteiger partial charge in [-0.15, -0.1) is 0 Å². The van der Waals surface area contributed by atoms with E-state index < -0.39 is 5.41 Å². The first-order chi connectivity index (χ1) is 13.6. The van der Waals surface area contributed by atoms with E-state index in [1.54, 1.807) is 4.90 Å². The first-order valence-electron chi connectivity index (χ1n) is 9.89. The predicted octanol–water partition coefficient (Wildman–Crippen LogP) is 2.02. The third-order valence-electron chi connectivity index (χ3n) is 6.03. The van der Waals surface area contributed by atoms with E-state index in [9.17, 15) is 14.8 Å². The summed E-state index contributed by atoms with van der Waals surface area (Å²) in [6.07, 6.45) is 6.04. The molecule has 0 N–H and O–H groups in total. The highest BCUT2D eigenvalue weighted by Crippen LogP contribution is 2.40. The molecule has 3 heterocycles. The van der Waals surface area contributed by atoms with Crippen LogP contribution in [-0.4, -0.2) is 47.8 Å². The Hall–Kier alpha value is -2.89. The number of benzene rings is 1. The van der Waals surface area contributed by atoms with Crippen molar-refractivity contribution in [3.63, 3.8) is 0 Å². The van der Waals surface area contributed by atoms with Gasteiger partial charge in [0, 0.05) is 38.3 Å². The minimum Gasteiger partial charge on any atom is -0.619 e. The van der Waals surface area contributed by atoms with Crippen LogP contribution < -0.4 is 4.73 Å². The summed E-state index contributed by atoms with van der Waals surface area (Å²) in [6.45, 7) is 2.58. The second kappa shape index (κ2) is 7.62. The Labute approximate surface area is 165 Å². The third-order valence-corrected chi connectivity index (χ3v) is 6.03. The van der Waals surface area contributed by atoms with Crippen molar-refractivity contribution >= 4 is 11.8 Å². The van der Waals surface area contributed by atoms with Gasteiger partial charge in [0.25, 0.3) is 5.91 Å². The van der Waals surface area contributed by atoms with Crippen molar-refractivity contribution < 1.29 is 14.3 Å². The number of nitrogens with zero attached hydrogens (tertiary/aromatic N) is 3. The number of likely N-dealkylation sites (tertiary alicyclic amines) is 2. The van der Waals surface area contributed by atoms with Gasteiger partial charge in [0.1, 0.15) is 0 Å². The molecule has 1 unspecified atom stereocenters. The van der Waals surface area contributed by atoms with Gasteiger partial charge in [-0.25, -0.2) is 0 Å². The molecule has 1 aromatic heterocycles. The number of hydrogen-bond acceptors (Lipinski definition) is 3. The molecule has 2 aliphatic rings. The molecule has 2 aliphatic heterocycles. The number of aromatic nitrogens is 1. The Morgan fingerprint density at radius 1 is 1.07 bits per heavy atom. The van der Waals surface area contributed by atoms with Crippen molar-refractivity contribution in [1.29, 1.82) is 0 Å². The molecule has 1 aromatic carbocycles. The summed E-state index contributed by atoms with van der Waals surface area (Å²) in [5, 5.41) is 11.2. The fourth-order valence-corrected chi connectivity index (χ4v) is 4.44. The minimum atomic E-state index is -0.447. The van der Waals surface area contributed by atoms with E-state index in [2.05, 4.69) is 12.1 Å². The minimum absolute atomic E-state index is 0.105. The smallest absolute Gasteiger partial charge is 0.254 e. The average molecular weight is 379 g/mol. The molecule has 0 saturated carbocycles. The molecule has 0 radical (unpaired) electrons. The zero-order chi connectivity index (χ0) is 19.6. The molecule has 2 aromatic rings. The lowest BCUT2D eigenvalue weighted by molar-refractivity contribution is -0.605. The lowest BCUT2D eigenvalue weighted by Gasteiger charge is -2.39. The molecule has 4 rings (SSSR count). The van der Waals surface area contributed by atoms with Crippen molar-refractivity contribution in [2.75, 3.05) is 26.2 Å². The van der Waals surface area contributed by atoms with E-state index in [4.69, 9.17) is 0 Å². The number of carbonyl (C=O) groups excluding carboxylic acids is 2. The van der Waals surface area contributed by atoms with Gasteiger partial charge in [-0.2, -0.15) is 4.73 Å². The van der Waals surface area contributed by atoms with Gasteiger partial charge in [0.05, 0.1) is 11.0 Å². The van der Waals surface area contributed by atoms with Gasteiger partial charge in [0.2, 0.25) is 5.91 Å². The Kier molecular flexibility index (Phi) is 5.03. The standard InChI is InChI=1S/C22H25N3O3/c26-20(19-8-14-25(28)15-9-19)24-16-11-22(17-24)10-4-12-23(21(22)27)13-7-18-5-2-1-3-6-18/h1-3,5-6,8-9,14-15H,4,7,10-13,16-17H2. The van der Waals surface area contributed by atoms with Crippen LogP contribution in [0, 0.1) is 10.6 Å². The van der Waals surface area contributed by atoms with Crippen molar-refractivity contribution in [2.45, 2.75) is 25.7 Å². The summed E-state index contributed by atoms with van der Waals surface area (Å²) in [5.74, 6) is 0.0853. The number of carbonyl (C=O) groups is 2. The Morgan fingerprint density at radius 3 is 2.57 bits per heavy atom. The summed E-state index contributed by atoms with van der Waals surface area (Å²) >= 11 is 0. The summed E-state index contributed by atoms with van der Waals surface area (Å²) in [4.78, 5) is 29.8. The van der Waals surface area contributed by atoms with Crippen LogP contribution in [0.1, 0.15) is 35.2 Å². The number of amides is 2. The summed E-state index contributed by atoms with van der Waals surface area (Å²) in [6, 6.07) is 13.3. The first-order valence-corrected chi connectivity index (χ1v) is 9.89. The molecular weight excluding hydrogens is 354 g/mol. The highest BCUT2D eigenvalue weighted by molar-refractivity contribution is 5.95. The molecular formula is C22H25N3O3. The van der Waals surface area contributed by atoms with E-state index in [1.165, 1.54) is 30.1 Å². The van der Waals surface area contributed by atoms with Crippen molar-refractivity contribution in [3.05, 3.63) is 71.2 Å². The molecule has 1 spiro atoms. The van der Waals surface area contributed by atoms with Crippen molar-refractivity contribution in [3.8, 4) is 0 Å². The number of hydrogen-bond donors (Lipinski definition) is 0. The average Bonchev–Trinajstić information content (AvgIpc) is 3.15. The normalized spacial score (nSPS) is 22.1. The first kappa shape index (κ1) is 18.5. The van der Waals surface area contributed by atoms with Gasteiger partial charge in [-0.05, 0) is 31.2 Å². The maximum absolute atomic E-state index is 13.3. The van der Waals surface area contributed by atoms with Crippen LogP contribution in [0.5, 0.6) is 0 Å². The van der Waals surface area contributed by atoms with Crippen LogP contribution in [0.15, 0.2) is 54.9 Å². The molecule has 2 saturated heterocycles. The molecule has 0 aliphatic carbocycles. The predicted molar refractivity (Wildman–Crippen MR) is 104 cm³/mol. The van der Waals surface area contributed by atoms with Gasteiger partial charge < -0.3 is 15.0 Å². The quantitative estimate of drug-likeness (QED) is 0.603. The third kappa shape index (κ3) is 3.59. The van der Waals surface area contributed by atoms with E-state index in [0.29, 0.717) is 29.8 Å². The number of rotatable bonds is 4. The molecule has 0 bridgehead atoms.